The van der Waals surface area contributed by atoms with Crippen molar-refractivity contribution in [3.63, 3.8) is 0 Å². The molecule has 0 atom stereocenters. The smallest absolute Gasteiger partial charge is 0.313 e. The predicted molar refractivity (Wildman–Crippen MR) is 81.7 cm³/mol. The van der Waals surface area contributed by atoms with Gasteiger partial charge in [0.1, 0.15) is 0 Å². The molecule has 0 aliphatic heterocycles. The third-order valence-corrected chi connectivity index (χ3v) is 3.29. The van der Waals surface area contributed by atoms with Crippen LogP contribution in [0.15, 0.2) is 18.2 Å². The monoisotopic (exact) mass is 276 g/mol. The largest absolute Gasteiger partial charge is 0.330 e. The quantitative estimate of drug-likeness (QED) is 0.844. The Morgan fingerprint density at radius 1 is 1.15 bits per heavy atom. The standard InChI is InChI=1S/C16H24N2O2/c1-7-18(16(4,5)6)15(20)14(19)17-13-11(2)9-8-10-12(13)3/h8-10H,7H2,1-6H3,(H,17,19). The lowest BCUT2D eigenvalue weighted by Gasteiger charge is -2.34. The van der Waals surface area contributed by atoms with E-state index in [1.807, 2.05) is 59.7 Å². The normalized spacial score (nSPS) is 11.1. The van der Waals surface area contributed by atoms with Gasteiger partial charge in [0.15, 0.2) is 0 Å². The van der Waals surface area contributed by atoms with Gasteiger partial charge in [-0.25, -0.2) is 0 Å². The molecule has 4 nitrogen and oxygen atoms in total. The Bertz CT molecular complexity index is 495. The fraction of sp³-hybridized carbons (Fsp3) is 0.500. The minimum Gasteiger partial charge on any atom is -0.330 e. The number of hydrogen-bond acceptors (Lipinski definition) is 2. The van der Waals surface area contributed by atoms with E-state index in [4.69, 9.17) is 0 Å². The van der Waals surface area contributed by atoms with Crippen molar-refractivity contribution in [1.29, 1.82) is 0 Å². The molecule has 20 heavy (non-hydrogen) atoms. The Hall–Kier alpha value is -1.84. The maximum absolute atomic E-state index is 12.3. The molecule has 1 aromatic rings. The summed E-state index contributed by atoms with van der Waals surface area (Å²) in [5.41, 5.74) is 2.25. The highest BCUT2D eigenvalue weighted by atomic mass is 16.2. The summed E-state index contributed by atoms with van der Waals surface area (Å²) in [6.45, 7) is 11.9. The van der Waals surface area contributed by atoms with Gasteiger partial charge >= 0.3 is 11.8 Å². The molecule has 4 heteroatoms. The van der Waals surface area contributed by atoms with Crippen molar-refractivity contribution in [2.24, 2.45) is 0 Å². The van der Waals surface area contributed by atoms with Crippen molar-refractivity contribution >= 4 is 17.5 Å². The Morgan fingerprint density at radius 3 is 2.05 bits per heavy atom. The number of hydrogen-bond donors (Lipinski definition) is 1. The number of carbonyl (C=O) groups is 2. The van der Waals surface area contributed by atoms with Gasteiger partial charge in [-0.15, -0.1) is 0 Å². The summed E-state index contributed by atoms with van der Waals surface area (Å²) < 4.78 is 0. The van der Waals surface area contributed by atoms with Crippen LogP contribution in [0.1, 0.15) is 38.8 Å². The van der Waals surface area contributed by atoms with Gasteiger partial charge in [-0.2, -0.15) is 0 Å². The topological polar surface area (TPSA) is 49.4 Å². The highest BCUT2D eigenvalue weighted by molar-refractivity contribution is 6.39. The van der Waals surface area contributed by atoms with E-state index in [9.17, 15) is 9.59 Å². The van der Waals surface area contributed by atoms with Crippen LogP contribution < -0.4 is 5.32 Å². The Morgan fingerprint density at radius 2 is 1.65 bits per heavy atom. The molecule has 0 spiro atoms. The van der Waals surface area contributed by atoms with Gasteiger partial charge in [0, 0.05) is 17.8 Å². The highest BCUT2D eigenvalue weighted by Gasteiger charge is 2.29. The highest BCUT2D eigenvalue weighted by Crippen LogP contribution is 2.20. The predicted octanol–water partition coefficient (Wildman–Crippen LogP) is 2.89. The molecule has 0 saturated heterocycles. The van der Waals surface area contributed by atoms with Gasteiger partial charge in [-0.05, 0) is 52.7 Å². The second kappa shape index (κ2) is 6.07. The van der Waals surface area contributed by atoms with E-state index in [1.54, 1.807) is 4.90 Å². The lowest BCUT2D eigenvalue weighted by Crippen LogP contribution is -2.50. The molecule has 0 saturated carbocycles. The third-order valence-electron chi connectivity index (χ3n) is 3.29. The molecule has 2 amide bonds. The summed E-state index contributed by atoms with van der Waals surface area (Å²) >= 11 is 0. The van der Waals surface area contributed by atoms with Crippen LogP contribution in [0.2, 0.25) is 0 Å². The fourth-order valence-corrected chi connectivity index (χ4v) is 2.22. The molecule has 0 unspecified atom stereocenters. The van der Waals surface area contributed by atoms with Crippen LogP contribution in [0.4, 0.5) is 5.69 Å². The van der Waals surface area contributed by atoms with Crippen molar-refractivity contribution in [2.75, 3.05) is 11.9 Å². The first-order chi connectivity index (χ1) is 9.18. The lowest BCUT2D eigenvalue weighted by atomic mass is 10.1. The van der Waals surface area contributed by atoms with E-state index in [0.29, 0.717) is 6.54 Å². The molecule has 0 radical (unpaired) electrons. The van der Waals surface area contributed by atoms with E-state index < -0.39 is 11.8 Å². The Kier molecular flexibility index (Phi) is 4.93. The number of carbonyl (C=O) groups excluding carboxylic acids is 2. The number of benzene rings is 1. The zero-order chi connectivity index (χ0) is 15.5. The van der Waals surface area contributed by atoms with Crippen molar-refractivity contribution in [1.82, 2.24) is 4.90 Å². The number of anilines is 1. The van der Waals surface area contributed by atoms with Crippen molar-refractivity contribution in [3.05, 3.63) is 29.3 Å². The van der Waals surface area contributed by atoms with E-state index in [1.165, 1.54) is 0 Å². The van der Waals surface area contributed by atoms with Crippen LogP contribution in [0, 0.1) is 13.8 Å². The molecule has 0 aliphatic carbocycles. The zero-order valence-electron chi connectivity index (χ0n) is 13.2. The second-order valence-corrected chi connectivity index (χ2v) is 5.94. The number of nitrogens with one attached hydrogen (secondary N) is 1. The van der Waals surface area contributed by atoms with E-state index >= 15 is 0 Å². The summed E-state index contributed by atoms with van der Waals surface area (Å²) in [6, 6.07) is 5.75. The molecule has 0 heterocycles. The summed E-state index contributed by atoms with van der Waals surface area (Å²) in [5.74, 6) is -1.08. The number of likely N-dealkylation sites (N-methyl/N-ethyl adjacent to an activating group) is 1. The lowest BCUT2D eigenvalue weighted by molar-refractivity contribution is -0.146. The number of amides is 2. The van der Waals surface area contributed by atoms with Crippen LogP contribution in [0.3, 0.4) is 0 Å². The second-order valence-electron chi connectivity index (χ2n) is 5.94. The first-order valence-electron chi connectivity index (χ1n) is 6.87. The average Bonchev–Trinajstić information content (AvgIpc) is 2.32. The molecule has 0 aromatic heterocycles. The molecule has 1 rings (SSSR count). The van der Waals surface area contributed by atoms with Gasteiger partial charge in [-0.3, -0.25) is 9.59 Å². The van der Waals surface area contributed by atoms with Crippen LogP contribution in [0.5, 0.6) is 0 Å². The first-order valence-corrected chi connectivity index (χ1v) is 6.87. The van der Waals surface area contributed by atoms with Crippen LogP contribution in [-0.4, -0.2) is 28.8 Å². The number of nitrogens with zero attached hydrogens (tertiary/aromatic N) is 1. The molecule has 1 N–H and O–H groups in total. The van der Waals surface area contributed by atoms with Crippen molar-refractivity contribution in [2.45, 2.75) is 47.1 Å². The van der Waals surface area contributed by atoms with Gasteiger partial charge in [-0.1, -0.05) is 18.2 Å². The summed E-state index contributed by atoms with van der Waals surface area (Å²) in [7, 11) is 0. The molecular formula is C16H24N2O2. The summed E-state index contributed by atoms with van der Waals surface area (Å²) in [5, 5.41) is 2.74. The maximum atomic E-state index is 12.3. The maximum Gasteiger partial charge on any atom is 0.313 e. The zero-order valence-corrected chi connectivity index (χ0v) is 13.2. The minimum atomic E-state index is -0.584. The number of para-hydroxylation sites is 1. The molecule has 0 fully saturated rings. The molecule has 1 aromatic carbocycles. The summed E-state index contributed by atoms with van der Waals surface area (Å²) in [6.07, 6.45) is 0. The van der Waals surface area contributed by atoms with E-state index in [2.05, 4.69) is 5.32 Å². The number of rotatable bonds is 2. The Balaban J connectivity index is 2.94. The van der Waals surface area contributed by atoms with Crippen molar-refractivity contribution < 1.29 is 9.59 Å². The molecule has 0 bridgehead atoms. The first kappa shape index (κ1) is 16.2. The summed E-state index contributed by atoms with van der Waals surface area (Å²) in [4.78, 5) is 26.0. The molecular weight excluding hydrogens is 252 g/mol. The fourth-order valence-electron chi connectivity index (χ4n) is 2.22. The Labute approximate surface area is 121 Å². The minimum absolute atomic E-state index is 0.371. The number of aryl methyl sites for hydroxylation is 2. The van der Waals surface area contributed by atoms with E-state index in [0.717, 1.165) is 16.8 Å². The SMILES string of the molecule is CCN(C(=O)C(=O)Nc1c(C)cccc1C)C(C)(C)C. The van der Waals surface area contributed by atoms with Gasteiger partial charge in [0.2, 0.25) is 0 Å². The van der Waals surface area contributed by atoms with Crippen LogP contribution in [0.25, 0.3) is 0 Å². The molecule has 0 aliphatic rings. The van der Waals surface area contributed by atoms with Gasteiger partial charge in [0.25, 0.3) is 0 Å². The van der Waals surface area contributed by atoms with Crippen molar-refractivity contribution in [3.8, 4) is 0 Å². The van der Waals surface area contributed by atoms with Gasteiger partial charge < -0.3 is 10.2 Å². The third kappa shape index (κ3) is 3.59. The van der Waals surface area contributed by atoms with Crippen LogP contribution >= 0.6 is 0 Å². The van der Waals surface area contributed by atoms with Crippen LogP contribution in [-0.2, 0) is 9.59 Å². The van der Waals surface area contributed by atoms with E-state index in [-0.39, 0.29) is 5.54 Å². The van der Waals surface area contributed by atoms with Gasteiger partial charge in [0.05, 0.1) is 0 Å². The molecule has 110 valence electrons. The average molecular weight is 276 g/mol.